The first-order chi connectivity index (χ1) is 15.8. The van der Waals surface area contributed by atoms with E-state index in [0.29, 0.717) is 6.54 Å². The van der Waals surface area contributed by atoms with Crippen LogP contribution in [0.1, 0.15) is 16.0 Å². The minimum atomic E-state index is -4.37. The molecule has 0 spiro atoms. The Morgan fingerprint density at radius 2 is 1.37 bits per heavy atom. The smallest absolute Gasteiger partial charge is 0.391 e. The summed E-state index contributed by atoms with van der Waals surface area (Å²) in [5, 5.41) is 0. The summed E-state index contributed by atoms with van der Waals surface area (Å²) in [5.74, 6) is 0.138. The summed E-state index contributed by atoms with van der Waals surface area (Å²) >= 11 is 0. The molecule has 0 aromatic heterocycles. The standard InChI is InChI=1S/C24H24NO4P/c26-30(27-22-12-6-2-7-13-22,28-23-14-8-3-9-15-23)29-24-16-18-25(19-17-24)20-21-10-4-1-5-11-21/h1-16H,17-20H2/i16D,17D2. The molecule has 5 nitrogen and oxygen atoms in total. The molecule has 4 rings (SSSR count). The quantitative estimate of drug-likeness (QED) is 0.412. The zero-order valence-electron chi connectivity index (χ0n) is 19.3. The van der Waals surface area contributed by atoms with Gasteiger partial charge < -0.3 is 13.6 Å². The van der Waals surface area contributed by atoms with Crippen LogP contribution in [0.25, 0.3) is 0 Å². The highest BCUT2D eigenvalue weighted by Gasteiger charge is 2.34. The van der Waals surface area contributed by atoms with Crippen molar-refractivity contribution in [2.45, 2.75) is 12.9 Å². The highest BCUT2D eigenvalue weighted by Crippen LogP contribution is 2.51. The summed E-state index contributed by atoms with van der Waals surface area (Å²) in [6, 6.07) is 26.3. The zero-order chi connectivity index (χ0) is 23.3. The number of hydrogen-bond acceptors (Lipinski definition) is 5. The second-order valence-corrected chi connectivity index (χ2v) is 8.10. The molecule has 0 atom stereocenters. The van der Waals surface area contributed by atoms with Gasteiger partial charge >= 0.3 is 7.82 Å². The average Bonchev–Trinajstić information content (AvgIpc) is 2.78. The monoisotopic (exact) mass is 424 g/mol. The SMILES string of the molecule is [2H]C1=C(OP(=O)(Oc2ccccc2)Oc2ccccc2)C([2H])([2H])CN(Cc2ccccc2)C1. The predicted molar refractivity (Wildman–Crippen MR) is 117 cm³/mol. The van der Waals surface area contributed by atoms with Crippen LogP contribution in [-0.4, -0.2) is 18.0 Å². The van der Waals surface area contributed by atoms with Crippen LogP contribution in [0.4, 0.5) is 0 Å². The van der Waals surface area contributed by atoms with Gasteiger partial charge in [0, 0.05) is 28.7 Å². The number of hydrogen-bond donors (Lipinski definition) is 0. The predicted octanol–water partition coefficient (Wildman–Crippen LogP) is 6.06. The first-order valence-corrected chi connectivity index (χ1v) is 11.0. The van der Waals surface area contributed by atoms with E-state index in [1.807, 2.05) is 35.2 Å². The van der Waals surface area contributed by atoms with Crippen LogP contribution >= 0.6 is 7.82 Å². The van der Waals surface area contributed by atoms with Crippen LogP contribution in [0.5, 0.6) is 11.5 Å². The number of rotatable bonds is 8. The summed E-state index contributed by atoms with van der Waals surface area (Å²) in [6.07, 6.45) is -2.07. The van der Waals surface area contributed by atoms with Gasteiger partial charge in [-0.3, -0.25) is 4.90 Å². The Kier molecular flexibility index (Phi) is 5.39. The molecule has 3 aromatic carbocycles. The third-order valence-corrected chi connectivity index (χ3v) is 5.57. The Balaban J connectivity index is 1.60. The lowest BCUT2D eigenvalue weighted by Gasteiger charge is -2.27. The fraction of sp³-hybridized carbons (Fsp3) is 0.167. The second-order valence-electron chi connectivity index (χ2n) is 6.66. The molecule has 0 bridgehead atoms. The molecule has 154 valence electrons. The van der Waals surface area contributed by atoms with Gasteiger partial charge in [-0.05, 0) is 35.9 Å². The van der Waals surface area contributed by atoms with Crippen molar-refractivity contribution >= 4 is 7.82 Å². The number of para-hydroxylation sites is 2. The summed E-state index contributed by atoms with van der Waals surface area (Å²) in [5.41, 5.74) is 1.01. The fourth-order valence-electron chi connectivity index (χ4n) is 2.89. The molecule has 0 N–H and O–H groups in total. The molecule has 6 heteroatoms. The van der Waals surface area contributed by atoms with E-state index < -0.39 is 14.2 Å². The van der Waals surface area contributed by atoms with E-state index in [-0.39, 0.29) is 36.4 Å². The van der Waals surface area contributed by atoms with Gasteiger partial charge in [0.05, 0.1) is 1.37 Å². The number of nitrogens with zero attached hydrogens (tertiary/aromatic N) is 1. The lowest BCUT2D eigenvalue weighted by molar-refractivity contribution is 0.217. The molecule has 0 amide bonds. The van der Waals surface area contributed by atoms with Crippen molar-refractivity contribution in [1.29, 1.82) is 0 Å². The van der Waals surface area contributed by atoms with Crippen LogP contribution in [0.3, 0.4) is 0 Å². The van der Waals surface area contributed by atoms with Crippen LogP contribution in [0.15, 0.2) is 103 Å². The van der Waals surface area contributed by atoms with Gasteiger partial charge in [-0.15, -0.1) is 0 Å². The highest BCUT2D eigenvalue weighted by atomic mass is 31.2. The van der Waals surface area contributed by atoms with E-state index in [4.69, 9.17) is 17.7 Å². The molecular weight excluding hydrogens is 397 g/mol. The third-order valence-electron chi connectivity index (χ3n) is 4.30. The van der Waals surface area contributed by atoms with E-state index in [9.17, 15) is 4.57 Å². The molecule has 0 saturated carbocycles. The Morgan fingerprint density at radius 1 is 0.833 bits per heavy atom. The van der Waals surface area contributed by atoms with Gasteiger partial charge in [-0.2, -0.15) is 4.57 Å². The molecule has 30 heavy (non-hydrogen) atoms. The van der Waals surface area contributed by atoms with Crippen LogP contribution in [0.2, 0.25) is 0 Å². The van der Waals surface area contributed by atoms with Crippen LogP contribution in [0, 0.1) is 0 Å². The first-order valence-electron chi connectivity index (χ1n) is 11.1. The summed E-state index contributed by atoms with van der Waals surface area (Å²) < 4.78 is 56.0. The largest absolute Gasteiger partial charge is 0.646 e. The van der Waals surface area contributed by atoms with Crippen LogP contribution in [-0.2, 0) is 15.6 Å². The fourth-order valence-corrected chi connectivity index (χ4v) is 4.12. The Morgan fingerprint density at radius 3 is 1.90 bits per heavy atom. The lowest BCUT2D eigenvalue weighted by atomic mass is 10.1. The Bertz CT molecular complexity index is 1100. The van der Waals surface area contributed by atoms with Crippen molar-refractivity contribution < 1.29 is 22.2 Å². The normalized spacial score (nSPS) is 18.1. The van der Waals surface area contributed by atoms with E-state index in [2.05, 4.69) is 0 Å². The molecular formula is C24H24NO4P. The van der Waals surface area contributed by atoms with Gasteiger partial charge in [-0.25, -0.2) is 0 Å². The summed E-state index contributed by atoms with van der Waals surface area (Å²) in [4.78, 5) is 1.81. The number of phosphoric acid groups is 1. The topological polar surface area (TPSA) is 48.0 Å². The second kappa shape index (κ2) is 9.66. The Hall–Kier alpha value is -3.01. The maximum atomic E-state index is 13.7. The maximum absolute atomic E-state index is 13.7. The third kappa shape index (κ3) is 5.76. The molecule has 1 aliphatic heterocycles. The molecule has 0 fully saturated rings. The molecule has 1 aliphatic rings. The minimum Gasteiger partial charge on any atom is -0.391 e. The number of benzene rings is 3. The zero-order valence-corrected chi connectivity index (χ0v) is 17.2. The lowest BCUT2D eigenvalue weighted by Crippen LogP contribution is -2.28. The molecule has 3 aromatic rings. The highest BCUT2D eigenvalue weighted by molar-refractivity contribution is 7.49. The van der Waals surface area contributed by atoms with Gasteiger partial charge in [0.2, 0.25) is 0 Å². The van der Waals surface area contributed by atoms with E-state index in [0.717, 1.165) is 5.56 Å². The van der Waals surface area contributed by atoms with E-state index in [1.165, 1.54) is 0 Å². The van der Waals surface area contributed by atoms with Gasteiger partial charge in [0.25, 0.3) is 0 Å². The maximum Gasteiger partial charge on any atom is 0.646 e. The van der Waals surface area contributed by atoms with Crippen molar-refractivity contribution in [3.05, 3.63) is 108 Å². The molecule has 0 radical (unpaired) electrons. The Labute approximate surface area is 181 Å². The van der Waals surface area contributed by atoms with Gasteiger partial charge in [0.15, 0.2) is 0 Å². The molecule has 0 saturated heterocycles. The average molecular weight is 424 g/mol. The minimum absolute atomic E-state index is 0.0315. The molecule has 0 unspecified atom stereocenters. The molecule has 0 aliphatic carbocycles. The summed E-state index contributed by atoms with van der Waals surface area (Å²) in [6.45, 7) is 0.589. The summed E-state index contributed by atoms with van der Waals surface area (Å²) in [7, 11) is -4.37. The first kappa shape index (κ1) is 16.8. The van der Waals surface area contributed by atoms with Crippen molar-refractivity contribution in [2.75, 3.05) is 13.1 Å². The van der Waals surface area contributed by atoms with Crippen molar-refractivity contribution in [3.8, 4) is 11.5 Å². The van der Waals surface area contributed by atoms with Crippen molar-refractivity contribution in [3.63, 3.8) is 0 Å². The molecule has 1 heterocycles. The van der Waals surface area contributed by atoms with Gasteiger partial charge in [-0.1, -0.05) is 66.7 Å². The van der Waals surface area contributed by atoms with Crippen LogP contribution < -0.4 is 9.05 Å². The van der Waals surface area contributed by atoms with Gasteiger partial charge in [0.1, 0.15) is 17.3 Å². The van der Waals surface area contributed by atoms with E-state index >= 15 is 0 Å². The van der Waals surface area contributed by atoms with E-state index in [1.54, 1.807) is 60.7 Å². The number of phosphoric ester groups is 1. The van der Waals surface area contributed by atoms with Crippen molar-refractivity contribution in [2.24, 2.45) is 0 Å². The van der Waals surface area contributed by atoms with Crippen molar-refractivity contribution in [1.82, 2.24) is 4.90 Å².